The molecule has 0 bridgehead atoms. The van der Waals surface area contributed by atoms with Crippen molar-refractivity contribution in [3.63, 3.8) is 0 Å². The second kappa shape index (κ2) is 4.91. The molecular formula is C6H11N2O3P. The zero-order chi connectivity index (χ0) is 9.61. The summed E-state index contributed by atoms with van der Waals surface area (Å²) in [5, 5.41) is 10.6. The van der Waals surface area contributed by atoms with Gasteiger partial charge in [-0.15, -0.1) is 0 Å². The standard InChI is InChI=1S/C6H11N2O3P/c1-12(10,11)3-2-6(4-7)8-5-9/h5-6H,2-3H2,1H3,(H,8,9)(H,10,11). The van der Waals surface area contributed by atoms with Crippen LogP contribution in [-0.4, -0.2) is 30.2 Å². The predicted molar refractivity (Wildman–Crippen MR) is 43.8 cm³/mol. The van der Waals surface area contributed by atoms with Crippen molar-refractivity contribution in [3.05, 3.63) is 0 Å². The molecule has 0 aliphatic carbocycles. The monoisotopic (exact) mass is 190 g/mol. The van der Waals surface area contributed by atoms with E-state index in [-0.39, 0.29) is 12.6 Å². The van der Waals surface area contributed by atoms with Crippen molar-refractivity contribution in [2.24, 2.45) is 0 Å². The Bertz CT molecular complexity index is 229. The zero-order valence-corrected chi connectivity index (χ0v) is 7.62. The van der Waals surface area contributed by atoms with E-state index in [0.717, 1.165) is 0 Å². The molecule has 0 rings (SSSR count). The first-order chi connectivity index (χ1) is 5.49. The van der Waals surface area contributed by atoms with E-state index in [9.17, 15) is 9.36 Å². The van der Waals surface area contributed by atoms with E-state index in [2.05, 4.69) is 5.32 Å². The van der Waals surface area contributed by atoms with Gasteiger partial charge in [0.2, 0.25) is 6.41 Å². The van der Waals surface area contributed by atoms with Crippen LogP contribution in [0.1, 0.15) is 6.42 Å². The molecule has 0 heterocycles. The summed E-state index contributed by atoms with van der Waals surface area (Å²) < 4.78 is 10.8. The summed E-state index contributed by atoms with van der Waals surface area (Å²) in [6.45, 7) is 1.22. The summed E-state index contributed by atoms with van der Waals surface area (Å²) in [6, 6.07) is 1.14. The maximum Gasteiger partial charge on any atom is 0.208 e. The van der Waals surface area contributed by atoms with E-state index in [1.807, 2.05) is 0 Å². The maximum atomic E-state index is 10.8. The van der Waals surface area contributed by atoms with Crippen LogP contribution in [0.15, 0.2) is 0 Å². The Kier molecular flexibility index (Phi) is 4.57. The van der Waals surface area contributed by atoms with Crippen molar-refractivity contribution in [2.45, 2.75) is 12.5 Å². The average molecular weight is 190 g/mol. The Labute approximate surface area is 70.8 Å². The molecular weight excluding hydrogens is 179 g/mol. The number of carbonyl (C=O) groups is 1. The van der Waals surface area contributed by atoms with Gasteiger partial charge in [0.1, 0.15) is 6.04 Å². The van der Waals surface area contributed by atoms with Crippen LogP contribution in [0.3, 0.4) is 0 Å². The minimum atomic E-state index is -3.06. The van der Waals surface area contributed by atoms with Crippen molar-refractivity contribution in [1.29, 1.82) is 5.26 Å². The van der Waals surface area contributed by atoms with Gasteiger partial charge in [0.25, 0.3) is 0 Å². The van der Waals surface area contributed by atoms with Crippen LogP contribution in [0.2, 0.25) is 0 Å². The highest BCUT2D eigenvalue weighted by Gasteiger charge is 2.13. The van der Waals surface area contributed by atoms with E-state index in [1.54, 1.807) is 6.07 Å². The molecule has 2 unspecified atom stereocenters. The molecule has 0 aliphatic heterocycles. The van der Waals surface area contributed by atoms with Crippen molar-refractivity contribution in [2.75, 3.05) is 12.8 Å². The highest BCUT2D eigenvalue weighted by molar-refractivity contribution is 7.57. The van der Waals surface area contributed by atoms with Crippen LogP contribution in [0.5, 0.6) is 0 Å². The first kappa shape index (κ1) is 11.2. The smallest absolute Gasteiger partial charge is 0.208 e. The van der Waals surface area contributed by atoms with Crippen molar-refractivity contribution < 1.29 is 14.3 Å². The minimum absolute atomic E-state index is 0.0477. The van der Waals surface area contributed by atoms with E-state index < -0.39 is 13.4 Å². The first-order valence-electron chi connectivity index (χ1n) is 3.38. The molecule has 2 atom stereocenters. The van der Waals surface area contributed by atoms with Crippen molar-refractivity contribution >= 4 is 13.8 Å². The van der Waals surface area contributed by atoms with Crippen LogP contribution in [-0.2, 0) is 9.36 Å². The SMILES string of the molecule is CP(=O)(O)CCC(C#N)NC=O. The molecule has 1 amide bonds. The Morgan fingerprint density at radius 1 is 1.83 bits per heavy atom. The first-order valence-corrected chi connectivity index (χ1v) is 5.67. The Morgan fingerprint density at radius 3 is 2.75 bits per heavy atom. The van der Waals surface area contributed by atoms with Gasteiger partial charge in [0, 0.05) is 12.8 Å². The molecule has 6 heteroatoms. The average Bonchev–Trinajstić information content (AvgIpc) is 1.96. The van der Waals surface area contributed by atoms with Gasteiger partial charge < -0.3 is 10.2 Å². The molecule has 2 N–H and O–H groups in total. The molecule has 0 fully saturated rings. The molecule has 12 heavy (non-hydrogen) atoms. The lowest BCUT2D eigenvalue weighted by Gasteiger charge is -2.08. The fourth-order valence-electron chi connectivity index (χ4n) is 0.636. The normalized spacial score (nSPS) is 17.1. The number of nitrogens with zero attached hydrogens (tertiary/aromatic N) is 1. The summed E-state index contributed by atoms with van der Waals surface area (Å²) in [5.74, 6) is 0. The summed E-state index contributed by atoms with van der Waals surface area (Å²) in [5.41, 5.74) is 0. The lowest BCUT2D eigenvalue weighted by atomic mass is 10.2. The van der Waals surface area contributed by atoms with Crippen LogP contribution >= 0.6 is 7.37 Å². The number of rotatable bonds is 5. The van der Waals surface area contributed by atoms with Crippen LogP contribution < -0.4 is 5.32 Å². The third kappa shape index (κ3) is 5.90. The van der Waals surface area contributed by atoms with Crippen LogP contribution in [0.4, 0.5) is 0 Å². The van der Waals surface area contributed by atoms with Gasteiger partial charge in [-0.25, -0.2) is 0 Å². The van der Waals surface area contributed by atoms with E-state index in [4.69, 9.17) is 10.2 Å². The molecule has 0 saturated heterocycles. The minimum Gasteiger partial charge on any atom is -0.344 e. The largest absolute Gasteiger partial charge is 0.344 e. The quantitative estimate of drug-likeness (QED) is 0.468. The van der Waals surface area contributed by atoms with Gasteiger partial charge in [-0.2, -0.15) is 5.26 Å². The van der Waals surface area contributed by atoms with E-state index >= 15 is 0 Å². The molecule has 0 spiro atoms. The van der Waals surface area contributed by atoms with Crippen molar-refractivity contribution in [3.8, 4) is 6.07 Å². The Morgan fingerprint density at radius 2 is 2.42 bits per heavy atom. The molecule has 0 saturated carbocycles. The fourth-order valence-corrected chi connectivity index (χ4v) is 1.37. The summed E-state index contributed by atoms with van der Waals surface area (Å²) >= 11 is 0. The van der Waals surface area contributed by atoms with Gasteiger partial charge in [-0.05, 0) is 6.42 Å². The summed E-state index contributed by atoms with van der Waals surface area (Å²) in [7, 11) is -3.06. The van der Waals surface area contributed by atoms with E-state index in [0.29, 0.717) is 6.41 Å². The third-order valence-corrected chi connectivity index (χ3v) is 2.35. The second-order valence-corrected chi connectivity index (χ2v) is 5.08. The predicted octanol–water partition coefficient (Wildman–Crippen LogP) is -0.0851. The zero-order valence-electron chi connectivity index (χ0n) is 6.73. The van der Waals surface area contributed by atoms with Gasteiger partial charge in [0.15, 0.2) is 7.37 Å². The Hall–Kier alpha value is -0.850. The second-order valence-electron chi connectivity index (χ2n) is 2.53. The number of hydrogen-bond acceptors (Lipinski definition) is 3. The molecule has 0 aromatic carbocycles. The lowest BCUT2D eigenvalue weighted by molar-refractivity contribution is -0.109. The number of nitrogens with one attached hydrogen (secondary N) is 1. The number of nitriles is 1. The molecule has 5 nitrogen and oxygen atoms in total. The van der Waals surface area contributed by atoms with Crippen molar-refractivity contribution in [1.82, 2.24) is 5.32 Å². The molecule has 0 aromatic rings. The topological polar surface area (TPSA) is 90.2 Å². The van der Waals surface area contributed by atoms with Gasteiger partial charge in [-0.1, -0.05) is 0 Å². The molecule has 0 aliphatic rings. The molecule has 0 aromatic heterocycles. The number of carbonyl (C=O) groups excluding carboxylic acids is 1. The lowest BCUT2D eigenvalue weighted by Crippen LogP contribution is -2.26. The Balaban J connectivity index is 3.83. The summed E-state index contributed by atoms with van der Waals surface area (Å²) in [6.07, 6.45) is 0.664. The molecule has 0 radical (unpaired) electrons. The van der Waals surface area contributed by atoms with Crippen LogP contribution in [0.25, 0.3) is 0 Å². The van der Waals surface area contributed by atoms with E-state index in [1.165, 1.54) is 6.66 Å². The third-order valence-electron chi connectivity index (χ3n) is 1.26. The fraction of sp³-hybridized carbons (Fsp3) is 0.667. The van der Waals surface area contributed by atoms with Crippen LogP contribution in [0, 0.1) is 11.3 Å². The highest BCUT2D eigenvalue weighted by Crippen LogP contribution is 2.35. The number of amides is 1. The van der Waals surface area contributed by atoms with Gasteiger partial charge in [-0.3, -0.25) is 9.36 Å². The summed E-state index contributed by atoms with van der Waals surface area (Å²) in [4.78, 5) is 18.8. The maximum absolute atomic E-state index is 10.8. The van der Waals surface area contributed by atoms with Gasteiger partial charge in [0.05, 0.1) is 6.07 Å². The molecule has 68 valence electrons. The van der Waals surface area contributed by atoms with Gasteiger partial charge >= 0.3 is 0 Å². The number of hydrogen-bond donors (Lipinski definition) is 2. The highest BCUT2D eigenvalue weighted by atomic mass is 31.2.